The van der Waals surface area contributed by atoms with E-state index in [1.165, 1.54) is 6.07 Å². The van der Waals surface area contributed by atoms with Gasteiger partial charge in [-0.05, 0) is 23.8 Å². The molecule has 0 unspecified atom stereocenters. The number of hydrogen-bond acceptors (Lipinski definition) is 3. The lowest BCUT2D eigenvalue weighted by Gasteiger charge is -2.19. The summed E-state index contributed by atoms with van der Waals surface area (Å²) < 4.78 is 104. The van der Waals surface area contributed by atoms with Gasteiger partial charge in [0.15, 0.2) is 11.6 Å². The summed E-state index contributed by atoms with van der Waals surface area (Å²) in [6.45, 7) is -0.165. The van der Waals surface area contributed by atoms with E-state index in [1.807, 2.05) is 10.9 Å². The van der Waals surface area contributed by atoms with Crippen LogP contribution in [0.1, 0.15) is 22.6 Å². The number of anilines is 1. The Balaban J connectivity index is 1.79. The van der Waals surface area contributed by atoms with Gasteiger partial charge in [-0.3, -0.25) is 20.4 Å². The van der Waals surface area contributed by atoms with Gasteiger partial charge in [-0.1, -0.05) is 18.2 Å². The number of amides is 2. The van der Waals surface area contributed by atoms with Crippen molar-refractivity contribution < 1.29 is 44.7 Å². The Morgan fingerprint density at radius 3 is 2.28 bits per heavy atom. The van der Waals surface area contributed by atoms with Crippen molar-refractivity contribution in [3.8, 4) is 0 Å². The smallest absolute Gasteiger partial charge is 0.355 e. The van der Waals surface area contributed by atoms with Gasteiger partial charge < -0.3 is 5.32 Å². The minimum Gasteiger partial charge on any atom is -0.355 e. The molecule has 1 heterocycles. The number of halogens is 8. The number of hydrogen-bond donors (Lipinski definition) is 3. The van der Waals surface area contributed by atoms with Crippen molar-refractivity contribution in [3.63, 3.8) is 0 Å². The van der Waals surface area contributed by atoms with Crippen molar-refractivity contribution >= 4 is 17.5 Å². The van der Waals surface area contributed by atoms with Crippen LogP contribution in [-0.2, 0) is 21.9 Å². The maximum absolute atomic E-state index is 13.9. The third-order valence-electron chi connectivity index (χ3n) is 4.81. The van der Waals surface area contributed by atoms with Gasteiger partial charge in [0.25, 0.3) is 5.91 Å². The van der Waals surface area contributed by atoms with Crippen molar-refractivity contribution in [2.45, 2.75) is 18.3 Å². The van der Waals surface area contributed by atoms with Crippen LogP contribution in [0.25, 0.3) is 0 Å². The number of hydrazine groups is 1. The Bertz CT molecular complexity index is 1050. The first-order valence-corrected chi connectivity index (χ1v) is 8.86. The van der Waals surface area contributed by atoms with E-state index in [-0.39, 0.29) is 18.2 Å². The van der Waals surface area contributed by atoms with Crippen LogP contribution in [0.2, 0.25) is 0 Å². The van der Waals surface area contributed by atoms with E-state index in [9.17, 15) is 44.7 Å². The number of carbonyl (C=O) groups excluding carboxylic acids is 2. The fraction of sp³-hybridized carbons (Fsp3) is 0.263. The first-order valence-electron chi connectivity index (χ1n) is 8.86. The van der Waals surface area contributed by atoms with Gasteiger partial charge in [0, 0.05) is 12.5 Å². The van der Waals surface area contributed by atoms with E-state index in [4.69, 9.17) is 0 Å². The fourth-order valence-corrected chi connectivity index (χ4v) is 3.25. The highest BCUT2D eigenvalue weighted by molar-refractivity contribution is 6.03. The molecule has 1 aliphatic rings. The molecule has 3 N–H and O–H groups in total. The van der Waals surface area contributed by atoms with Gasteiger partial charge in [-0.2, -0.15) is 26.3 Å². The molecular formula is C19H13F8N3O2. The molecule has 0 spiro atoms. The zero-order valence-electron chi connectivity index (χ0n) is 15.7. The molecule has 172 valence electrons. The summed E-state index contributed by atoms with van der Waals surface area (Å²) in [5.74, 6) is -8.61. The molecule has 0 bridgehead atoms. The van der Waals surface area contributed by atoms with E-state index in [0.29, 0.717) is 6.07 Å². The number of carbonyl (C=O) groups is 2. The minimum atomic E-state index is -5.15. The van der Waals surface area contributed by atoms with Crippen LogP contribution in [0, 0.1) is 17.6 Å². The number of rotatable bonds is 4. The highest BCUT2D eigenvalue weighted by Gasteiger charge is 2.42. The lowest BCUT2D eigenvalue weighted by atomic mass is 9.87. The fourth-order valence-electron chi connectivity index (χ4n) is 3.25. The topological polar surface area (TPSA) is 70.2 Å². The SMILES string of the molecule is O=C1NC[C@H](c2cccc(C(F)(F)F)c2)[C@H]1C(=O)NNc1ccc(C(F)(F)F)c(F)c1F. The molecule has 32 heavy (non-hydrogen) atoms. The molecule has 5 nitrogen and oxygen atoms in total. The Morgan fingerprint density at radius 1 is 0.969 bits per heavy atom. The molecule has 1 saturated heterocycles. The summed E-state index contributed by atoms with van der Waals surface area (Å²) in [5, 5.41) is 2.33. The zero-order chi connectivity index (χ0) is 23.8. The predicted octanol–water partition coefficient (Wildman–Crippen LogP) is 3.98. The third-order valence-corrected chi connectivity index (χ3v) is 4.81. The van der Waals surface area contributed by atoms with Gasteiger partial charge in [0.1, 0.15) is 5.92 Å². The summed E-state index contributed by atoms with van der Waals surface area (Å²) in [5.41, 5.74) is 0.114. The molecule has 2 atom stereocenters. The van der Waals surface area contributed by atoms with Crippen molar-refractivity contribution in [2.24, 2.45) is 5.92 Å². The van der Waals surface area contributed by atoms with Crippen LogP contribution < -0.4 is 16.2 Å². The lowest BCUT2D eigenvalue weighted by Crippen LogP contribution is -2.40. The molecule has 1 fully saturated rings. The quantitative estimate of drug-likeness (QED) is 0.362. The summed E-state index contributed by atoms with van der Waals surface area (Å²) in [7, 11) is 0. The van der Waals surface area contributed by atoms with E-state index in [1.54, 1.807) is 0 Å². The van der Waals surface area contributed by atoms with Crippen molar-refractivity contribution in [1.82, 2.24) is 10.7 Å². The van der Waals surface area contributed by atoms with Crippen molar-refractivity contribution in [1.29, 1.82) is 0 Å². The minimum absolute atomic E-state index is 0.0325. The van der Waals surface area contributed by atoms with Crippen LogP contribution in [0.15, 0.2) is 36.4 Å². The third kappa shape index (κ3) is 4.60. The van der Waals surface area contributed by atoms with E-state index < -0.39 is 64.5 Å². The summed E-state index contributed by atoms with van der Waals surface area (Å²) in [6.07, 6.45) is -9.80. The van der Waals surface area contributed by atoms with Crippen LogP contribution in [0.4, 0.5) is 40.8 Å². The molecule has 1 aliphatic heterocycles. The molecule has 3 rings (SSSR count). The molecular weight excluding hydrogens is 454 g/mol. The van der Waals surface area contributed by atoms with Gasteiger partial charge in [0.05, 0.1) is 16.8 Å². The zero-order valence-corrected chi connectivity index (χ0v) is 15.7. The monoisotopic (exact) mass is 467 g/mol. The number of benzene rings is 2. The summed E-state index contributed by atoms with van der Waals surface area (Å²) in [4.78, 5) is 24.6. The molecule has 0 saturated carbocycles. The highest BCUT2D eigenvalue weighted by Crippen LogP contribution is 2.36. The Hall–Kier alpha value is -3.38. The van der Waals surface area contributed by atoms with Gasteiger partial charge in [-0.15, -0.1) is 0 Å². The first-order chi connectivity index (χ1) is 14.8. The second-order valence-electron chi connectivity index (χ2n) is 6.85. The van der Waals surface area contributed by atoms with Crippen LogP contribution in [-0.4, -0.2) is 18.4 Å². The van der Waals surface area contributed by atoms with E-state index in [0.717, 1.165) is 18.2 Å². The first kappa shape index (κ1) is 23.3. The average Bonchev–Trinajstić information content (AvgIpc) is 3.09. The van der Waals surface area contributed by atoms with E-state index in [2.05, 4.69) is 5.32 Å². The second-order valence-corrected chi connectivity index (χ2v) is 6.85. The summed E-state index contributed by atoms with van der Waals surface area (Å²) >= 11 is 0. The number of nitrogens with one attached hydrogen (secondary N) is 3. The maximum Gasteiger partial charge on any atom is 0.419 e. The lowest BCUT2D eigenvalue weighted by molar-refractivity contribution is -0.140. The average molecular weight is 467 g/mol. The van der Waals surface area contributed by atoms with Gasteiger partial charge in [0.2, 0.25) is 5.91 Å². The second kappa shape index (κ2) is 8.28. The molecule has 0 radical (unpaired) electrons. The predicted molar refractivity (Wildman–Crippen MR) is 93.8 cm³/mol. The van der Waals surface area contributed by atoms with Crippen LogP contribution in [0.3, 0.4) is 0 Å². The molecule has 2 aromatic carbocycles. The Morgan fingerprint density at radius 2 is 1.66 bits per heavy atom. The molecule has 13 heteroatoms. The summed E-state index contributed by atoms with van der Waals surface area (Å²) in [6, 6.07) is 4.77. The van der Waals surface area contributed by atoms with Crippen molar-refractivity contribution in [3.05, 3.63) is 64.7 Å². The molecule has 0 aliphatic carbocycles. The highest BCUT2D eigenvalue weighted by atomic mass is 19.4. The van der Waals surface area contributed by atoms with E-state index >= 15 is 0 Å². The Labute approximate surface area is 174 Å². The Kier molecular flexibility index (Phi) is 6.03. The largest absolute Gasteiger partial charge is 0.419 e. The standard InChI is InChI=1S/C19H13F8N3O2/c20-14-11(19(25,26)27)4-5-12(15(14)21)29-30-17(32)13-10(7-28-16(13)31)8-2-1-3-9(6-8)18(22,23)24/h1-6,10,13,29H,7H2,(H,28,31)(H,30,32)/t10-,13-/m1/s1. The normalized spacial score (nSPS) is 18.9. The van der Waals surface area contributed by atoms with Gasteiger partial charge >= 0.3 is 12.4 Å². The molecule has 2 amide bonds. The van der Waals surface area contributed by atoms with Crippen molar-refractivity contribution in [2.75, 3.05) is 12.0 Å². The molecule has 0 aromatic heterocycles. The van der Waals surface area contributed by atoms with Gasteiger partial charge in [-0.25, -0.2) is 8.78 Å². The van der Waals surface area contributed by atoms with Crippen LogP contribution in [0.5, 0.6) is 0 Å². The number of alkyl halides is 6. The van der Waals surface area contributed by atoms with Crippen LogP contribution >= 0.6 is 0 Å². The maximum atomic E-state index is 13.9. The molecule has 2 aromatic rings.